The molecule has 1 unspecified atom stereocenters. The van der Waals surface area contributed by atoms with Crippen molar-refractivity contribution in [1.82, 2.24) is 34.7 Å². The van der Waals surface area contributed by atoms with E-state index in [1.165, 1.54) is 0 Å². The summed E-state index contributed by atoms with van der Waals surface area (Å²) in [5.74, 6) is -0.00950. The first-order valence-electron chi connectivity index (χ1n) is 21.2. The van der Waals surface area contributed by atoms with E-state index >= 15 is 0 Å². The zero-order valence-corrected chi connectivity index (χ0v) is 34.5. The quantitative estimate of drug-likeness (QED) is 0.0792. The number of nitrogens with zero attached hydrogens (tertiary/aromatic N) is 6. The van der Waals surface area contributed by atoms with Crippen LogP contribution in [0.5, 0.6) is 6.01 Å². The van der Waals surface area contributed by atoms with E-state index in [9.17, 15) is 19.2 Å². The van der Waals surface area contributed by atoms with E-state index in [1.54, 1.807) is 9.42 Å². The molecule has 15 nitrogen and oxygen atoms in total. The predicted molar refractivity (Wildman–Crippen MR) is 223 cm³/mol. The van der Waals surface area contributed by atoms with Crippen LogP contribution in [0.3, 0.4) is 0 Å². The van der Waals surface area contributed by atoms with Crippen LogP contribution in [0.25, 0.3) is 5.65 Å². The van der Waals surface area contributed by atoms with Crippen molar-refractivity contribution in [2.45, 2.75) is 116 Å². The molecule has 2 aromatic carbocycles. The highest BCUT2D eigenvalue weighted by Gasteiger charge is 2.39. The minimum atomic E-state index is -0.611. The summed E-state index contributed by atoms with van der Waals surface area (Å²) in [7, 11) is 2.13. The lowest BCUT2D eigenvalue weighted by molar-refractivity contribution is -0.137. The Balaban J connectivity index is 0.773. The summed E-state index contributed by atoms with van der Waals surface area (Å²) < 4.78 is 13.9. The van der Waals surface area contributed by atoms with Gasteiger partial charge in [-0.25, -0.2) is 0 Å². The zero-order valence-electron chi connectivity index (χ0n) is 34.5. The third-order valence-electron chi connectivity index (χ3n) is 11.5. The van der Waals surface area contributed by atoms with Gasteiger partial charge in [-0.05, 0) is 92.8 Å². The summed E-state index contributed by atoms with van der Waals surface area (Å²) >= 11 is 0. The zero-order chi connectivity index (χ0) is 41.3. The Kier molecular flexibility index (Phi) is 13.8. The average molecular weight is 808 g/mol. The number of ether oxygens (including phenoxy) is 2. The number of hydrogen-bond acceptors (Lipinski definition) is 11. The molecular weight excluding hydrogens is 751 g/mol. The molecule has 0 spiro atoms. The van der Waals surface area contributed by atoms with Crippen LogP contribution in [0.1, 0.15) is 117 Å². The SMILES string of the molecule is CC(C)c1cnn2c(NCc3ccc(NC(=O)CCCCCCOCCCc4cccc5c4CN(C4CCC(=O)NC4=O)C5=O)cc3)nc(OC3CCN(C)CC3)nc12. The number of hydrogen-bond donors (Lipinski definition) is 3. The lowest BCUT2D eigenvalue weighted by Gasteiger charge is -2.29. The number of aromatic nitrogens is 4. The molecule has 4 amide bonds. The Morgan fingerprint density at radius 2 is 1.73 bits per heavy atom. The van der Waals surface area contributed by atoms with Gasteiger partial charge < -0.3 is 29.9 Å². The molecule has 0 aliphatic carbocycles. The summed E-state index contributed by atoms with van der Waals surface area (Å²) in [4.78, 5) is 63.1. The van der Waals surface area contributed by atoms with Crippen molar-refractivity contribution in [1.29, 1.82) is 0 Å². The predicted octanol–water partition coefficient (Wildman–Crippen LogP) is 5.63. The molecule has 314 valence electrons. The van der Waals surface area contributed by atoms with Gasteiger partial charge in [0.25, 0.3) is 5.91 Å². The van der Waals surface area contributed by atoms with Crippen molar-refractivity contribution in [2.75, 3.05) is 44.0 Å². The monoisotopic (exact) mass is 807 g/mol. The number of nitrogens with one attached hydrogen (secondary N) is 3. The molecule has 0 saturated carbocycles. The van der Waals surface area contributed by atoms with Gasteiger partial charge in [0.05, 0.1) is 6.20 Å². The fraction of sp³-hybridized carbons (Fsp3) is 0.523. The first-order valence-corrected chi connectivity index (χ1v) is 21.2. The van der Waals surface area contributed by atoms with Gasteiger partial charge in [0.2, 0.25) is 23.7 Å². The van der Waals surface area contributed by atoms with Crippen LogP contribution >= 0.6 is 0 Å². The average Bonchev–Trinajstić information content (AvgIpc) is 3.81. The summed E-state index contributed by atoms with van der Waals surface area (Å²) in [5, 5.41) is 13.4. The van der Waals surface area contributed by atoms with Crippen molar-refractivity contribution in [3.63, 3.8) is 0 Å². The number of carbonyl (C=O) groups is 4. The van der Waals surface area contributed by atoms with Crippen LogP contribution in [0.15, 0.2) is 48.7 Å². The molecule has 7 rings (SSSR count). The van der Waals surface area contributed by atoms with Gasteiger partial charge in [-0.3, -0.25) is 24.5 Å². The van der Waals surface area contributed by atoms with E-state index < -0.39 is 11.9 Å². The van der Waals surface area contributed by atoms with E-state index in [4.69, 9.17) is 19.4 Å². The van der Waals surface area contributed by atoms with Crippen molar-refractivity contribution in [3.8, 4) is 6.01 Å². The third kappa shape index (κ3) is 10.6. The highest BCUT2D eigenvalue weighted by Crippen LogP contribution is 2.31. The number of anilines is 2. The minimum absolute atomic E-state index is 0.00149. The minimum Gasteiger partial charge on any atom is -0.460 e. The lowest BCUT2D eigenvalue weighted by atomic mass is 10.00. The third-order valence-corrected chi connectivity index (χ3v) is 11.5. The number of carbonyl (C=O) groups excluding carboxylic acids is 4. The number of piperidine rings is 2. The Hall–Kier alpha value is -5.41. The smallest absolute Gasteiger partial charge is 0.322 e. The fourth-order valence-electron chi connectivity index (χ4n) is 8.01. The maximum Gasteiger partial charge on any atom is 0.322 e. The number of imide groups is 1. The van der Waals surface area contributed by atoms with Crippen LogP contribution in [-0.4, -0.2) is 98.5 Å². The molecule has 2 aromatic heterocycles. The Labute approximate surface area is 345 Å². The second kappa shape index (κ2) is 19.6. The molecule has 2 saturated heterocycles. The van der Waals surface area contributed by atoms with E-state index in [-0.39, 0.29) is 36.2 Å². The van der Waals surface area contributed by atoms with E-state index in [1.807, 2.05) is 48.7 Å². The highest BCUT2D eigenvalue weighted by molar-refractivity contribution is 6.05. The van der Waals surface area contributed by atoms with Crippen molar-refractivity contribution in [2.24, 2.45) is 0 Å². The van der Waals surface area contributed by atoms with Gasteiger partial charge in [-0.2, -0.15) is 19.6 Å². The largest absolute Gasteiger partial charge is 0.460 e. The van der Waals surface area contributed by atoms with Crippen LogP contribution in [0.2, 0.25) is 0 Å². The molecule has 59 heavy (non-hydrogen) atoms. The second-order valence-electron chi connectivity index (χ2n) is 16.3. The molecular formula is C44H57N9O6. The van der Waals surface area contributed by atoms with Gasteiger partial charge >= 0.3 is 6.01 Å². The number of fused-ring (bicyclic) bond motifs is 2. The molecule has 15 heteroatoms. The number of unbranched alkanes of at least 4 members (excludes halogenated alkanes) is 3. The van der Waals surface area contributed by atoms with Gasteiger partial charge in [0.1, 0.15) is 12.1 Å². The highest BCUT2D eigenvalue weighted by atomic mass is 16.5. The molecule has 3 aliphatic rings. The first-order chi connectivity index (χ1) is 28.6. The number of amides is 4. The van der Waals surface area contributed by atoms with E-state index in [0.29, 0.717) is 56.7 Å². The van der Waals surface area contributed by atoms with Crippen LogP contribution in [0, 0.1) is 0 Å². The molecule has 1 atom stereocenters. The summed E-state index contributed by atoms with van der Waals surface area (Å²) in [6, 6.07) is 13.3. The van der Waals surface area contributed by atoms with Gasteiger partial charge in [0, 0.05) is 69.0 Å². The molecule has 0 bridgehead atoms. The molecule has 3 N–H and O–H groups in total. The Morgan fingerprint density at radius 1 is 0.949 bits per heavy atom. The number of aryl methyl sites for hydroxylation is 1. The van der Waals surface area contributed by atoms with Gasteiger partial charge in [-0.15, -0.1) is 0 Å². The first kappa shape index (κ1) is 41.7. The molecule has 0 radical (unpaired) electrons. The van der Waals surface area contributed by atoms with Gasteiger partial charge in [-0.1, -0.05) is 51.0 Å². The summed E-state index contributed by atoms with van der Waals surface area (Å²) in [6.45, 7) is 8.41. The fourth-order valence-corrected chi connectivity index (χ4v) is 8.01. The molecule has 4 aromatic rings. The second-order valence-corrected chi connectivity index (χ2v) is 16.3. The van der Waals surface area contributed by atoms with Crippen molar-refractivity contribution < 1.29 is 28.7 Å². The van der Waals surface area contributed by atoms with Crippen molar-refractivity contribution in [3.05, 3.63) is 76.5 Å². The van der Waals surface area contributed by atoms with Gasteiger partial charge in [0.15, 0.2) is 5.65 Å². The van der Waals surface area contributed by atoms with Crippen molar-refractivity contribution >= 4 is 40.9 Å². The summed E-state index contributed by atoms with van der Waals surface area (Å²) in [5.41, 5.74) is 6.28. The summed E-state index contributed by atoms with van der Waals surface area (Å²) in [6.07, 6.45) is 10.1. The van der Waals surface area contributed by atoms with Crippen LogP contribution < -0.4 is 20.7 Å². The van der Waals surface area contributed by atoms with E-state index in [0.717, 1.165) is 98.0 Å². The lowest BCUT2D eigenvalue weighted by Crippen LogP contribution is -2.52. The number of benzene rings is 2. The number of rotatable bonds is 19. The van der Waals surface area contributed by atoms with Crippen LogP contribution in [-0.2, 0) is 38.6 Å². The number of likely N-dealkylation sites (tertiary alicyclic amines) is 1. The Morgan fingerprint density at radius 3 is 2.51 bits per heavy atom. The Bertz CT molecular complexity index is 2110. The van der Waals surface area contributed by atoms with Crippen LogP contribution in [0.4, 0.5) is 11.6 Å². The molecule has 3 aliphatic heterocycles. The maximum absolute atomic E-state index is 13.1. The standard InChI is InChI=1S/C44H57N9O6/c1-29(2)35-27-46-53-40(35)49-44(59-33-20-22-51(3)23-21-33)50-43(53)45-26-30-14-16-32(17-15-30)47-38(54)13-6-4-5-7-24-58-25-9-11-31-10-8-12-34-36(31)28-52(42(34)57)37-18-19-39(55)48-41(37)56/h8,10,12,14-17,27,29,33,37H,4-7,9,11,13,18-26,28H2,1-3H3,(H,47,54)(H,45,49,50)(H,48,55,56). The molecule has 2 fully saturated rings. The van der Waals surface area contributed by atoms with E-state index in [2.05, 4.69) is 46.8 Å². The normalized spacial score (nSPS) is 17.5. The molecule has 5 heterocycles. The topological polar surface area (TPSA) is 172 Å². The maximum atomic E-state index is 13.1.